The highest BCUT2D eigenvalue weighted by Gasteiger charge is 2.22. The van der Waals surface area contributed by atoms with Crippen molar-refractivity contribution in [2.75, 3.05) is 11.1 Å². The number of nitrogens with zero attached hydrogens (tertiary/aromatic N) is 3. The Bertz CT molecular complexity index is 1260. The Balaban J connectivity index is 1.70. The Kier molecular flexibility index (Phi) is 6.00. The molecule has 0 aliphatic heterocycles. The second-order valence-corrected chi connectivity index (χ2v) is 7.23. The van der Waals surface area contributed by atoms with E-state index in [0.717, 1.165) is 28.4 Å². The zero-order valence-corrected chi connectivity index (χ0v) is 17.3. The maximum atomic E-state index is 14.4. The second kappa shape index (κ2) is 9.03. The Morgan fingerprint density at radius 3 is 2.62 bits per heavy atom. The van der Waals surface area contributed by atoms with Gasteiger partial charge in [0.15, 0.2) is 5.82 Å². The summed E-state index contributed by atoms with van der Waals surface area (Å²) in [6.45, 7) is 0.225. The van der Waals surface area contributed by atoms with Crippen LogP contribution >= 0.6 is 11.6 Å². The van der Waals surface area contributed by atoms with Crippen molar-refractivity contribution in [3.63, 3.8) is 0 Å². The lowest BCUT2D eigenvalue weighted by atomic mass is 10.1. The average molecular weight is 455 g/mol. The summed E-state index contributed by atoms with van der Waals surface area (Å²) in [6, 6.07) is 12.6. The Morgan fingerprint density at radius 2 is 1.91 bits per heavy atom. The molecule has 0 saturated heterocycles. The number of urea groups is 1. The number of nitrogens with one attached hydrogen (secondary N) is 2. The first kappa shape index (κ1) is 21.3. The number of hydrogen-bond acceptors (Lipinski definition) is 4. The smallest absolute Gasteiger partial charge is 0.319 e. The Hall–Kier alpha value is -3.98. The highest BCUT2D eigenvalue weighted by atomic mass is 35.5. The van der Waals surface area contributed by atoms with Gasteiger partial charge in [0.25, 0.3) is 0 Å². The van der Waals surface area contributed by atoms with Crippen molar-refractivity contribution in [1.82, 2.24) is 20.1 Å². The number of nitrogen functional groups attached to an aromatic ring is 1. The molecule has 4 N–H and O–H groups in total. The third-order valence-electron chi connectivity index (χ3n) is 4.59. The van der Waals surface area contributed by atoms with Crippen LogP contribution in [-0.2, 0) is 6.54 Å². The van der Waals surface area contributed by atoms with Gasteiger partial charge in [-0.1, -0.05) is 29.8 Å². The van der Waals surface area contributed by atoms with Gasteiger partial charge >= 0.3 is 6.03 Å². The fourth-order valence-corrected chi connectivity index (χ4v) is 3.16. The van der Waals surface area contributed by atoms with E-state index in [1.54, 1.807) is 42.7 Å². The lowest BCUT2D eigenvalue weighted by Gasteiger charge is -2.09. The molecule has 162 valence electrons. The molecule has 32 heavy (non-hydrogen) atoms. The van der Waals surface area contributed by atoms with Gasteiger partial charge in [0.05, 0.1) is 0 Å². The molecule has 2 amide bonds. The van der Waals surface area contributed by atoms with Crippen LogP contribution in [0.1, 0.15) is 5.56 Å². The fraction of sp³-hybridized carbons (Fsp3) is 0.0455. The van der Waals surface area contributed by atoms with E-state index in [2.05, 4.69) is 20.7 Å². The van der Waals surface area contributed by atoms with Crippen LogP contribution in [-0.4, -0.2) is 20.8 Å². The van der Waals surface area contributed by atoms with Gasteiger partial charge in [-0.2, -0.15) is 5.10 Å². The Labute approximate surface area is 186 Å². The molecule has 0 aliphatic rings. The molecule has 10 heteroatoms. The number of anilines is 2. The molecular weight excluding hydrogens is 438 g/mol. The minimum atomic E-state index is -0.726. The van der Waals surface area contributed by atoms with Gasteiger partial charge in [-0.25, -0.2) is 18.3 Å². The summed E-state index contributed by atoms with van der Waals surface area (Å²) < 4.78 is 29.2. The molecule has 0 unspecified atom stereocenters. The van der Waals surface area contributed by atoms with Gasteiger partial charge in [-0.15, -0.1) is 0 Å². The van der Waals surface area contributed by atoms with Crippen LogP contribution in [0.4, 0.5) is 25.1 Å². The van der Waals surface area contributed by atoms with Crippen LogP contribution in [0.25, 0.3) is 16.9 Å². The summed E-state index contributed by atoms with van der Waals surface area (Å²) in [6.07, 6.45) is 3.25. The average Bonchev–Trinajstić information content (AvgIpc) is 3.11. The monoisotopic (exact) mass is 454 g/mol. The number of nitrogens with two attached hydrogens (primary N) is 1. The van der Waals surface area contributed by atoms with Crippen LogP contribution in [0.5, 0.6) is 0 Å². The first-order chi connectivity index (χ1) is 15.4. The van der Waals surface area contributed by atoms with Crippen LogP contribution in [0.2, 0.25) is 5.02 Å². The van der Waals surface area contributed by atoms with Crippen LogP contribution in [0.15, 0.2) is 67.0 Å². The summed E-state index contributed by atoms with van der Waals surface area (Å²) in [5.41, 5.74) is 7.79. The molecule has 4 aromatic rings. The van der Waals surface area contributed by atoms with Gasteiger partial charge in [-0.05, 0) is 35.9 Å². The summed E-state index contributed by atoms with van der Waals surface area (Å²) in [4.78, 5) is 16.5. The minimum absolute atomic E-state index is 0.0732. The van der Waals surface area contributed by atoms with E-state index in [9.17, 15) is 13.6 Å². The number of hydrogen-bond donors (Lipinski definition) is 3. The summed E-state index contributed by atoms with van der Waals surface area (Å²) in [5.74, 6) is -1.46. The largest absolute Gasteiger partial charge is 0.382 e. The van der Waals surface area contributed by atoms with Crippen molar-refractivity contribution in [2.45, 2.75) is 6.54 Å². The molecule has 2 aromatic heterocycles. The van der Waals surface area contributed by atoms with E-state index in [1.165, 1.54) is 0 Å². The number of aromatic nitrogens is 3. The zero-order valence-electron chi connectivity index (χ0n) is 16.5. The highest BCUT2D eigenvalue weighted by Crippen LogP contribution is 2.35. The minimum Gasteiger partial charge on any atom is -0.382 e. The molecule has 0 radical (unpaired) electrons. The van der Waals surface area contributed by atoms with Gasteiger partial charge < -0.3 is 16.4 Å². The predicted octanol–water partition coefficient (Wildman–Crippen LogP) is 4.77. The van der Waals surface area contributed by atoms with Gasteiger partial charge in [0.2, 0.25) is 0 Å². The van der Waals surface area contributed by atoms with E-state index >= 15 is 0 Å². The van der Waals surface area contributed by atoms with Crippen molar-refractivity contribution in [3.8, 4) is 16.9 Å². The lowest BCUT2D eigenvalue weighted by Crippen LogP contribution is -2.28. The van der Waals surface area contributed by atoms with Crippen molar-refractivity contribution >= 4 is 29.1 Å². The molecule has 0 fully saturated rings. The fourth-order valence-electron chi connectivity index (χ4n) is 3.04. The number of benzene rings is 2. The van der Waals surface area contributed by atoms with Crippen molar-refractivity contribution < 1.29 is 13.6 Å². The SMILES string of the molecule is Nc1c(NC(=O)NCc2cccnc2)c(-c2ccc(Cl)cc2)nn1-c1cc(F)ccc1F. The van der Waals surface area contributed by atoms with Crippen LogP contribution in [0.3, 0.4) is 0 Å². The third-order valence-corrected chi connectivity index (χ3v) is 4.84. The topological polar surface area (TPSA) is 97.9 Å². The molecule has 2 aromatic carbocycles. The summed E-state index contributed by atoms with van der Waals surface area (Å²) >= 11 is 5.97. The van der Waals surface area contributed by atoms with Gasteiger partial charge in [-0.3, -0.25) is 4.98 Å². The molecule has 7 nitrogen and oxygen atoms in total. The number of amides is 2. The van der Waals surface area contributed by atoms with Crippen LogP contribution < -0.4 is 16.4 Å². The number of rotatable bonds is 5. The third kappa shape index (κ3) is 4.52. The molecule has 2 heterocycles. The normalized spacial score (nSPS) is 10.7. The number of halogens is 3. The standard InChI is InChI=1S/C22H17ClF2N6O/c23-15-5-3-14(4-6-15)19-20(29-22(32)28-12-13-2-1-9-27-11-13)21(26)31(30-19)18-10-16(24)7-8-17(18)25/h1-11H,12,26H2,(H2,28,29,32). The first-order valence-corrected chi connectivity index (χ1v) is 9.84. The van der Waals surface area contributed by atoms with E-state index in [0.29, 0.717) is 10.6 Å². The Morgan fingerprint density at radius 1 is 1.12 bits per heavy atom. The number of carbonyl (C=O) groups is 1. The molecule has 0 aliphatic carbocycles. The maximum Gasteiger partial charge on any atom is 0.319 e. The molecule has 0 spiro atoms. The van der Waals surface area contributed by atoms with E-state index in [-0.39, 0.29) is 29.4 Å². The summed E-state index contributed by atoms with van der Waals surface area (Å²) in [7, 11) is 0. The van der Waals surface area contributed by atoms with Crippen LogP contribution in [0, 0.1) is 11.6 Å². The van der Waals surface area contributed by atoms with E-state index in [1.807, 2.05) is 6.07 Å². The van der Waals surface area contributed by atoms with Crippen molar-refractivity contribution in [3.05, 3.63) is 89.2 Å². The molecule has 4 rings (SSSR count). The summed E-state index contributed by atoms with van der Waals surface area (Å²) in [5, 5.41) is 10.2. The van der Waals surface area contributed by atoms with Crippen molar-refractivity contribution in [2.24, 2.45) is 0 Å². The molecule has 0 atom stereocenters. The van der Waals surface area contributed by atoms with Gasteiger partial charge in [0, 0.05) is 35.6 Å². The molecular formula is C22H17ClF2N6O. The van der Waals surface area contributed by atoms with E-state index < -0.39 is 17.7 Å². The maximum absolute atomic E-state index is 14.4. The van der Waals surface area contributed by atoms with Gasteiger partial charge in [0.1, 0.15) is 28.7 Å². The number of carbonyl (C=O) groups excluding carboxylic acids is 1. The first-order valence-electron chi connectivity index (χ1n) is 9.46. The number of pyridine rings is 1. The van der Waals surface area contributed by atoms with E-state index in [4.69, 9.17) is 17.3 Å². The lowest BCUT2D eigenvalue weighted by molar-refractivity contribution is 0.251. The molecule has 0 saturated carbocycles. The zero-order chi connectivity index (χ0) is 22.7. The molecule has 0 bridgehead atoms. The predicted molar refractivity (Wildman–Crippen MR) is 118 cm³/mol. The quantitative estimate of drug-likeness (QED) is 0.404. The second-order valence-electron chi connectivity index (χ2n) is 6.79. The highest BCUT2D eigenvalue weighted by molar-refractivity contribution is 6.30. The van der Waals surface area contributed by atoms with Crippen molar-refractivity contribution in [1.29, 1.82) is 0 Å².